The molecule has 4 nitrogen and oxygen atoms in total. The summed E-state index contributed by atoms with van der Waals surface area (Å²) in [5.74, 6) is 0.109. The number of fused-ring (bicyclic) bond motifs is 1. The molecule has 5 rings (SSSR count). The summed E-state index contributed by atoms with van der Waals surface area (Å²) in [6.45, 7) is 3.32. The minimum Gasteiger partial charge on any atom is -0.337 e. The van der Waals surface area contributed by atoms with E-state index >= 15 is 0 Å². The summed E-state index contributed by atoms with van der Waals surface area (Å²) < 4.78 is 0. The molecule has 1 aliphatic carbocycles. The van der Waals surface area contributed by atoms with Gasteiger partial charge < -0.3 is 9.80 Å². The molecule has 1 saturated heterocycles. The average molecular weight is 511 g/mol. The predicted octanol–water partition coefficient (Wildman–Crippen LogP) is 6.69. The highest BCUT2D eigenvalue weighted by Gasteiger charge is 2.40. The Balaban J connectivity index is 1.33. The summed E-state index contributed by atoms with van der Waals surface area (Å²) in [6, 6.07) is 26.4. The van der Waals surface area contributed by atoms with E-state index in [0.717, 1.165) is 28.9 Å². The predicted molar refractivity (Wildman–Crippen MR) is 152 cm³/mol. The number of thioether (sulfide) groups is 1. The van der Waals surface area contributed by atoms with E-state index in [1.54, 1.807) is 16.7 Å². The lowest BCUT2D eigenvalue weighted by molar-refractivity contribution is -0.130. The van der Waals surface area contributed by atoms with Gasteiger partial charge in [-0.2, -0.15) is 0 Å². The summed E-state index contributed by atoms with van der Waals surface area (Å²) in [5, 5.41) is 0.440. The van der Waals surface area contributed by atoms with E-state index in [0.29, 0.717) is 29.9 Å². The Bertz CT molecular complexity index is 1290. The van der Waals surface area contributed by atoms with Crippen LogP contribution in [0.1, 0.15) is 58.3 Å². The molecule has 3 aromatic rings. The van der Waals surface area contributed by atoms with Gasteiger partial charge in [0, 0.05) is 37.0 Å². The SMILES string of the molecule is Cc1cccc(CN2C(=O)/C(=C\c3ccc(C(=O)N(C)Cc4ccccc4)cc3)SC3CCCCC32)c1. The minimum atomic E-state index is -0.0134. The van der Waals surface area contributed by atoms with Crippen molar-refractivity contribution in [2.75, 3.05) is 7.05 Å². The van der Waals surface area contributed by atoms with Crippen molar-refractivity contribution in [2.45, 2.75) is 57.0 Å². The van der Waals surface area contributed by atoms with Gasteiger partial charge in [-0.3, -0.25) is 9.59 Å². The Kier molecular flexibility index (Phi) is 7.80. The summed E-state index contributed by atoms with van der Waals surface area (Å²) >= 11 is 1.75. The number of carbonyl (C=O) groups excluding carboxylic acids is 2. The number of nitrogens with zero attached hydrogens (tertiary/aromatic N) is 2. The first-order chi connectivity index (χ1) is 18.0. The van der Waals surface area contributed by atoms with Crippen LogP contribution < -0.4 is 0 Å². The zero-order valence-electron chi connectivity index (χ0n) is 21.6. The molecular formula is C32H34N2O2S. The van der Waals surface area contributed by atoms with E-state index < -0.39 is 0 Å². The molecule has 190 valence electrons. The smallest absolute Gasteiger partial charge is 0.260 e. The lowest BCUT2D eigenvalue weighted by atomic mass is 9.92. The molecule has 2 atom stereocenters. The van der Waals surface area contributed by atoms with Crippen LogP contribution in [-0.4, -0.2) is 40.0 Å². The topological polar surface area (TPSA) is 40.6 Å². The molecule has 0 radical (unpaired) electrons. The van der Waals surface area contributed by atoms with Crippen molar-refractivity contribution in [2.24, 2.45) is 0 Å². The summed E-state index contributed by atoms with van der Waals surface area (Å²) in [4.78, 5) is 31.3. The fourth-order valence-electron chi connectivity index (χ4n) is 5.39. The molecule has 0 N–H and O–H groups in total. The van der Waals surface area contributed by atoms with E-state index in [1.165, 1.54) is 24.0 Å². The third-order valence-corrected chi connectivity index (χ3v) is 8.72. The van der Waals surface area contributed by atoms with Crippen LogP contribution in [0.3, 0.4) is 0 Å². The number of hydrogen-bond donors (Lipinski definition) is 0. The first-order valence-corrected chi connectivity index (χ1v) is 14.0. The molecule has 2 unspecified atom stereocenters. The van der Waals surface area contributed by atoms with Crippen LogP contribution in [0.2, 0.25) is 0 Å². The van der Waals surface area contributed by atoms with Gasteiger partial charge in [0.2, 0.25) is 0 Å². The Hall–Kier alpha value is -3.31. The number of aryl methyl sites for hydroxylation is 1. The van der Waals surface area contributed by atoms with Crippen LogP contribution in [-0.2, 0) is 17.9 Å². The largest absolute Gasteiger partial charge is 0.337 e. The van der Waals surface area contributed by atoms with Gasteiger partial charge in [0.05, 0.1) is 4.91 Å². The summed E-state index contributed by atoms with van der Waals surface area (Å²) in [5.41, 5.74) is 5.10. The van der Waals surface area contributed by atoms with E-state index in [4.69, 9.17) is 0 Å². The van der Waals surface area contributed by atoms with E-state index in [1.807, 2.05) is 67.7 Å². The standard InChI is InChI=1S/C32H34N2O2S/c1-23-9-8-12-26(19-23)22-34-28-13-6-7-14-29(28)37-30(32(34)36)20-24-15-17-27(18-16-24)31(35)33(2)21-25-10-4-3-5-11-25/h3-5,8-12,15-20,28-29H,6-7,13-14,21-22H2,1-2H3/b30-20+. The molecule has 1 aliphatic heterocycles. The van der Waals surface area contributed by atoms with Crippen LogP contribution >= 0.6 is 11.8 Å². The second-order valence-electron chi connectivity index (χ2n) is 10.2. The number of carbonyl (C=O) groups is 2. The van der Waals surface area contributed by atoms with Crippen molar-refractivity contribution < 1.29 is 9.59 Å². The van der Waals surface area contributed by atoms with Gasteiger partial charge >= 0.3 is 0 Å². The highest BCUT2D eigenvalue weighted by molar-refractivity contribution is 8.04. The molecule has 2 fully saturated rings. The van der Waals surface area contributed by atoms with Gasteiger partial charge in [-0.25, -0.2) is 0 Å². The molecular weight excluding hydrogens is 476 g/mol. The Morgan fingerprint density at radius 2 is 1.70 bits per heavy atom. The monoisotopic (exact) mass is 510 g/mol. The lowest BCUT2D eigenvalue weighted by Crippen LogP contribution is -2.50. The molecule has 2 amide bonds. The van der Waals surface area contributed by atoms with Gasteiger partial charge in [0.25, 0.3) is 11.8 Å². The zero-order chi connectivity index (χ0) is 25.8. The Morgan fingerprint density at radius 1 is 0.973 bits per heavy atom. The van der Waals surface area contributed by atoms with Gasteiger partial charge in [-0.05, 0) is 54.7 Å². The Morgan fingerprint density at radius 3 is 2.46 bits per heavy atom. The average Bonchev–Trinajstić information content (AvgIpc) is 2.91. The number of rotatable bonds is 6. The molecule has 0 spiro atoms. The fourth-order valence-corrected chi connectivity index (χ4v) is 6.86. The fraction of sp³-hybridized carbons (Fsp3) is 0.312. The van der Waals surface area contributed by atoms with E-state index in [-0.39, 0.29) is 11.8 Å². The highest BCUT2D eigenvalue weighted by Crippen LogP contribution is 2.42. The molecule has 37 heavy (non-hydrogen) atoms. The second-order valence-corrected chi connectivity index (χ2v) is 11.5. The van der Waals surface area contributed by atoms with Gasteiger partial charge in [-0.15, -0.1) is 11.8 Å². The van der Waals surface area contributed by atoms with Gasteiger partial charge in [-0.1, -0.05) is 85.1 Å². The van der Waals surface area contributed by atoms with Gasteiger partial charge in [0.15, 0.2) is 0 Å². The maximum absolute atomic E-state index is 13.7. The van der Waals surface area contributed by atoms with Crippen molar-refractivity contribution in [3.05, 3.63) is 112 Å². The summed E-state index contributed by atoms with van der Waals surface area (Å²) in [6.07, 6.45) is 6.64. The molecule has 1 saturated carbocycles. The van der Waals surface area contributed by atoms with E-state index in [9.17, 15) is 9.59 Å². The van der Waals surface area contributed by atoms with Crippen molar-refractivity contribution in [3.8, 4) is 0 Å². The van der Waals surface area contributed by atoms with Crippen LogP contribution in [0.5, 0.6) is 0 Å². The van der Waals surface area contributed by atoms with Gasteiger partial charge in [0.1, 0.15) is 0 Å². The molecule has 1 heterocycles. The summed E-state index contributed by atoms with van der Waals surface area (Å²) in [7, 11) is 1.83. The number of hydrogen-bond acceptors (Lipinski definition) is 3. The molecule has 0 bridgehead atoms. The van der Waals surface area contributed by atoms with Crippen LogP contribution in [0.15, 0.2) is 83.8 Å². The first kappa shape index (κ1) is 25.3. The third-order valence-electron chi connectivity index (χ3n) is 7.32. The number of amides is 2. The first-order valence-electron chi connectivity index (χ1n) is 13.1. The van der Waals surface area contributed by atoms with Crippen molar-refractivity contribution in [1.29, 1.82) is 0 Å². The van der Waals surface area contributed by atoms with Crippen LogP contribution in [0, 0.1) is 6.92 Å². The van der Waals surface area contributed by atoms with Crippen molar-refractivity contribution in [3.63, 3.8) is 0 Å². The molecule has 5 heteroatoms. The molecule has 2 aliphatic rings. The number of benzene rings is 3. The maximum atomic E-state index is 13.7. The Labute approximate surface area is 224 Å². The lowest BCUT2D eigenvalue weighted by Gasteiger charge is -2.44. The maximum Gasteiger partial charge on any atom is 0.260 e. The van der Waals surface area contributed by atoms with Crippen molar-refractivity contribution >= 4 is 29.7 Å². The van der Waals surface area contributed by atoms with Crippen LogP contribution in [0.4, 0.5) is 0 Å². The quantitative estimate of drug-likeness (QED) is 0.347. The minimum absolute atomic E-state index is 0.0134. The highest BCUT2D eigenvalue weighted by atomic mass is 32.2. The van der Waals surface area contributed by atoms with E-state index in [2.05, 4.69) is 36.1 Å². The zero-order valence-corrected chi connectivity index (χ0v) is 22.4. The normalized spacial score (nSPS) is 20.5. The van der Waals surface area contributed by atoms with Crippen molar-refractivity contribution in [1.82, 2.24) is 9.80 Å². The van der Waals surface area contributed by atoms with Crippen LogP contribution in [0.25, 0.3) is 6.08 Å². The molecule has 0 aromatic heterocycles. The third kappa shape index (κ3) is 5.99. The molecule has 3 aromatic carbocycles. The second kappa shape index (κ2) is 11.4.